The third-order valence-corrected chi connectivity index (χ3v) is 7.35. The quantitative estimate of drug-likeness (QED) is 0.470. The van der Waals surface area contributed by atoms with Crippen LogP contribution in [-0.4, -0.2) is 72.7 Å². The number of piperazine rings is 1. The Morgan fingerprint density at radius 1 is 1.16 bits per heavy atom. The van der Waals surface area contributed by atoms with Gasteiger partial charge in [-0.05, 0) is 24.3 Å². The fourth-order valence-electron chi connectivity index (χ4n) is 3.61. The van der Waals surface area contributed by atoms with E-state index in [1.165, 1.54) is 22.6 Å². The zero-order valence-electron chi connectivity index (χ0n) is 17.5. The van der Waals surface area contributed by atoms with Gasteiger partial charge in [-0.3, -0.25) is 19.9 Å². The van der Waals surface area contributed by atoms with Crippen LogP contribution in [0.15, 0.2) is 47.6 Å². The minimum Gasteiger partial charge on any atom is -0.362 e. The standard InChI is InChI=1S/C20H25N5O5S/c1-3-24(4-2)31(29,30)17-7-8-18(19(14-17)25(27)28)22-10-12-23(13-11-22)20(26)16-6-5-9-21-15-16/h5-9,14-15H,3-4,10-13H2,1-2H3. The van der Waals surface area contributed by atoms with Gasteiger partial charge in [0.25, 0.3) is 11.6 Å². The Balaban J connectivity index is 1.81. The Kier molecular flexibility index (Phi) is 6.86. The van der Waals surface area contributed by atoms with Crippen molar-refractivity contribution in [1.82, 2.24) is 14.2 Å². The zero-order valence-corrected chi connectivity index (χ0v) is 18.3. The summed E-state index contributed by atoms with van der Waals surface area (Å²) in [5, 5.41) is 11.7. The van der Waals surface area contributed by atoms with E-state index in [1.54, 1.807) is 42.0 Å². The van der Waals surface area contributed by atoms with Gasteiger partial charge < -0.3 is 9.80 Å². The molecule has 0 aliphatic carbocycles. The summed E-state index contributed by atoms with van der Waals surface area (Å²) in [5.41, 5.74) is 0.574. The lowest BCUT2D eigenvalue weighted by atomic mass is 10.2. The van der Waals surface area contributed by atoms with Crippen LogP contribution in [0.3, 0.4) is 0 Å². The number of nitro groups is 1. The highest BCUT2D eigenvalue weighted by Crippen LogP contribution is 2.32. The highest BCUT2D eigenvalue weighted by Gasteiger charge is 2.29. The number of sulfonamides is 1. The number of nitro benzene ring substituents is 1. The van der Waals surface area contributed by atoms with Crippen molar-refractivity contribution in [1.29, 1.82) is 0 Å². The summed E-state index contributed by atoms with van der Waals surface area (Å²) in [6.45, 7) is 5.58. The molecule has 31 heavy (non-hydrogen) atoms. The van der Waals surface area contributed by atoms with Crippen molar-refractivity contribution in [3.8, 4) is 0 Å². The number of pyridine rings is 1. The summed E-state index contributed by atoms with van der Waals surface area (Å²) in [5.74, 6) is -0.136. The van der Waals surface area contributed by atoms with Gasteiger partial charge in [0.1, 0.15) is 5.69 Å². The number of amides is 1. The number of benzene rings is 1. The Morgan fingerprint density at radius 2 is 1.84 bits per heavy atom. The Bertz CT molecular complexity index is 1050. The van der Waals surface area contributed by atoms with E-state index in [4.69, 9.17) is 0 Å². The molecule has 166 valence electrons. The van der Waals surface area contributed by atoms with Crippen molar-refractivity contribution in [3.05, 3.63) is 58.4 Å². The van der Waals surface area contributed by atoms with Gasteiger partial charge in [-0.1, -0.05) is 13.8 Å². The predicted molar refractivity (Wildman–Crippen MR) is 116 cm³/mol. The first-order valence-corrected chi connectivity index (χ1v) is 11.5. The number of anilines is 1. The highest BCUT2D eigenvalue weighted by atomic mass is 32.2. The normalized spacial score (nSPS) is 14.7. The summed E-state index contributed by atoms with van der Waals surface area (Å²) in [6, 6.07) is 7.40. The molecular formula is C20H25N5O5S. The highest BCUT2D eigenvalue weighted by molar-refractivity contribution is 7.89. The van der Waals surface area contributed by atoms with Crippen molar-refractivity contribution in [2.24, 2.45) is 0 Å². The Morgan fingerprint density at radius 3 is 2.39 bits per heavy atom. The van der Waals surface area contributed by atoms with Gasteiger partial charge >= 0.3 is 0 Å². The minimum absolute atomic E-state index is 0.1000. The van der Waals surface area contributed by atoms with Crippen molar-refractivity contribution in [2.45, 2.75) is 18.7 Å². The van der Waals surface area contributed by atoms with Gasteiger partial charge in [0.15, 0.2) is 0 Å². The smallest absolute Gasteiger partial charge is 0.293 e. The van der Waals surface area contributed by atoms with Crippen LogP contribution in [0.25, 0.3) is 0 Å². The fraction of sp³-hybridized carbons (Fsp3) is 0.400. The molecule has 11 heteroatoms. The Labute approximate surface area is 181 Å². The molecule has 0 bridgehead atoms. The number of aromatic nitrogens is 1. The largest absolute Gasteiger partial charge is 0.362 e. The van der Waals surface area contributed by atoms with Gasteiger partial charge in [0.05, 0.1) is 15.4 Å². The lowest BCUT2D eigenvalue weighted by Gasteiger charge is -2.35. The van der Waals surface area contributed by atoms with Crippen LogP contribution in [0.4, 0.5) is 11.4 Å². The SMILES string of the molecule is CCN(CC)S(=O)(=O)c1ccc(N2CCN(C(=O)c3cccnc3)CC2)c([N+](=O)[O-])c1. The Hall–Kier alpha value is -3.05. The molecule has 3 rings (SSSR count). The van der Waals surface area contributed by atoms with E-state index in [0.29, 0.717) is 37.4 Å². The third-order valence-electron chi connectivity index (χ3n) is 5.30. The summed E-state index contributed by atoms with van der Waals surface area (Å²) >= 11 is 0. The second-order valence-electron chi connectivity index (χ2n) is 7.02. The molecule has 2 aromatic rings. The predicted octanol–water partition coefficient (Wildman–Crippen LogP) is 1.98. The van der Waals surface area contributed by atoms with E-state index in [2.05, 4.69) is 4.98 Å². The van der Waals surface area contributed by atoms with Crippen molar-refractivity contribution in [2.75, 3.05) is 44.2 Å². The summed E-state index contributed by atoms with van der Waals surface area (Å²) in [6.07, 6.45) is 3.10. The van der Waals surface area contributed by atoms with Gasteiger partial charge in [0, 0.05) is 57.7 Å². The van der Waals surface area contributed by atoms with Crippen LogP contribution in [0, 0.1) is 10.1 Å². The molecule has 10 nitrogen and oxygen atoms in total. The molecule has 0 N–H and O–H groups in total. The zero-order chi connectivity index (χ0) is 22.6. The molecule has 1 amide bonds. The lowest BCUT2D eigenvalue weighted by molar-refractivity contribution is -0.384. The third kappa shape index (κ3) is 4.67. The molecule has 0 spiro atoms. The maximum atomic E-state index is 12.7. The van der Waals surface area contributed by atoms with Gasteiger partial charge in [-0.2, -0.15) is 4.31 Å². The monoisotopic (exact) mass is 447 g/mol. The summed E-state index contributed by atoms with van der Waals surface area (Å²) in [4.78, 5) is 31.1. The van der Waals surface area contributed by atoms with E-state index < -0.39 is 14.9 Å². The van der Waals surface area contributed by atoms with Crippen molar-refractivity contribution in [3.63, 3.8) is 0 Å². The number of hydrogen-bond donors (Lipinski definition) is 0. The topological polar surface area (TPSA) is 117 Å². The van der Waals surface area contributed by atoms with Crippen LogP contribution < -0.4 is 4.90 Å². The average molecular weight is 448 g/mol. The van der Waals surface area contributed by atoms with Gasteiger partial charge in [0.2, 0.25) is 10.0 Å². The molecule has 1 saturated heterocycles. The van der Waals surface area contributed by atoms with Crippen LogP contribution in [0.1, 0.15) is 24.2 Å². The van der Waals surface area contributed by atoms with E-state index in [9.17, 15) is 23.3 Å². The first-order chi connectivity index (χ1) is 14.8. The number of rotatable bonds is 7. The molecule has 0 unspecified atom stereocenters. The van der Waals surface area contributed by atoms with Gasteiger partial charge in [-0.25, -0.2) is 8.42 Å². The number of nitrogens with zero attached hydrogens (tertiary/aromatic N) is 5. The average Bonchev–Trinajstić information content (AvgIpc) is 2.79. The van der Waals surface area contributed by atoms with E-state index in [1.807, 2.05) is 0 Å². The van der Waals surface area contributed by atoms with E-state index in [-0.39, 0.29) is 29.6 Å². The van der Waals surface area contributed by atoms with Crippen LogP contribution in [0.2, 0.25) is 0 Å². The first kappa shape index (κ1) is 22.6. The van der Waals surface area contributed by atoms with Crippen molar-refractivity contribution < 1.29 is 18.1 Å². The number of hydrogen-bond acceptors (Lipinski definition) is 7. The number of carbonyl (C=O) groups excluding carboxylic acids is 1. The van der Waals surface area contributed by atoms with Crippen LogP contribution in [0.5, 0.6) is 0 Å². The van der Waals surface area contributed by atoms with E-state index >= 15 is 0 Å². The molecule has 0 radical (unpaired) electrons. The first-order valence-electron chi connectivity index (χ1n) is 10.0. The maximum absolute atomic E-state index is 12.7. The van der Waals surface area contributed by atoms with Crippen LogP contribution >= 0.6 is 0 Å². The molecular weight excluding hydrogens is 422 g/mol. The molecule has 1 aliphatic heterocycles. The fourth-order valence-corrected chi connectivity index (χ4v) is 5.09. The maximum Gasteiger partial charge on any atom is 0.293 e. The van der Waals surface area contributed by atoms with Gasteiger partial charge in [-0.15, -0.1) is 0 Å². The molecule has 2 heterocycles. The van der Waals surface area contributed by atoms with Crippen molar-refractivity contribution >= 4 is 27.3 Å². The summed E-state index contributed by atoms with van der Waals surface area (Å²) < 4.78 is 26.8. The van der Waals surface area contributed by atoms with E-state index in [0.717, 1.165) is 6.07 Å². The molecule has 1 aliphatic rings. The molecule has 1 fully saturated rings. The molecule has 0 atom stereocenters. The minimum atomic E-state index is -3.80. The lowest BCUT2D eigenvalue weighted by Crippen LogP contribution is -2.49. The molecule has 0 saturated carbocycles. The second-order valence-corrected chi connectivity index (χ2v) is 8.96. The second kappa shape index (κ2) is 9.40. The van der Waals surface area contributed by atoms with Crippen LogP contribution in [-0.2, 0) is 10.0 Å². The summed E-state index contributed by atoms with van der Waals surface area (Å²) in [7, 11) is -3.80. The molecule has 1 aromatic heterocycles. The number of carbonyl (C=O) groups is 1. The molecule has 1 aromatic carbocycles.